The maximum Gasteiger partial charge on any atom is 0.150 e. The fourth-order valence-corrected chi connectivity index (χ4v) is 1.71. The van der Waals surface area contributed by atoms with Crippen LogP contribution >= 0.6 is 0 Å². The number of likely N-dealkylation sites (N-methyl/N-ethyl adjacent to an activating group) is 1. The average Bonchev–Trinajstić information content (AvgIpc) is 2.65. The number of aldehydes is 1. The van der Waals surface area contributed by atoms with Gasteiger partial charge in [0, 0.05) is 18.7 Å². The predicted octanol–water partition coefficient (Wildman–Crippen LogP) is 1.83. The third kappa shape index (κ3) is 1.75. The Morgan fingerprint density at radius 2 is 2.29 bits per heavy atom. The van der Waals surface area contributed by atoms with E-state index in [0.29, 0.717) is 0 Å². The summed E-state index contributed by atoms with van der Waals surface area (Å²) >= 11 is 0. The fourth-order valence-electron chi connectivity index (χ4n) is 1.71. The Hall–Kier alpha value is -1.41. The summed E-state index contributed by atoms with van der Waals surface area (Å²) in [6.45, 7) is 1.98. The molecule has 14 heavy (non-hydrogen) atoms. The molecule has 0 aromatic heterocycles. The van der Waals surface area contributed by atoms with Crippen molar-refractivity contribution < 1.29 is 4.79 Å². The summed E-state index contributed by atoms with van der Waals surface area (Å²) in [5.41, 5.74) is 3.23. The highest BCUT2D eigenvalue weighted by Gasteiger charge is 2.11. The van der Waals surface area contributed by atoms with Crippen molar-refractivity contribution in [2.45, 2.75) is 0 Å². The van der Waals surface area contributed by atoms with Gasteiger partial charge in [0.1, 0.15) is 6.29 Å². The monoisotopic (exact) mass is 187 g/mol. The number of hydrogen-bond acceptors (Lipinski definition) is 2. The van der Waals surface area contributed by atoms with Crippen molar-refractivity contribution >= 4 is 11.9 Å². The van der Waals surface area contributed by atoms with Crippen molar-refractivity contribution in [2.75, 3.05) is 20.1 Å². The lowest BCUT2D eigenvalue weighted by atomic mass is 10.0. The molecule has 0 atom stereocenters. The topological polar surface area (TPSA) is 20.3 Å². The molecule has 0 radical (unpaired) electrons. The molecule has 0 amide bonds. The van der Waals surface area contributed by atoms with Crippen LogP contribution in [-0.4, -0.2) is 31.3 Å². The molecule has 0 spiro atoms. The zero-order chi connectivity index (χ0) is 9.97. The first-order chi connectivity index (χ1) is 6.79. The van der Waals surface area contributed by atoms with Crippen LogP contribution < -0.4 is 0 Å². The van der Waals surface area contributed by atoms with Crippen LogP contribution in [0.3, 0.4) is 0 Å². The zero-order valence-electron chi connectivity index (χ0n) is 8.23. The van der Waals surface area contributed by atoms with Crippen LogP contribution in [0.15, 0.2) is 30.3 Å². The predicted molar refractivity (Wildman–Crippen MR) is 57.3 cm³/mol. The summed E-state index contributed by atoms with van der Waals surface area (Å²) in [5.74, 6) is 0. The molecule has 0 fully saturated rings. The largest absolute Gasteiger partial charge is 0.298 e. The number of benzene rings is 1. The molecule has 0 saturated carbocycles. The zero-order valence-corrected chi connectivity index (χ0v) is 8.23. The molecule has 2 heteroatoms. The molecule has 1 aromatic carbocycles. The van der Waals surface area contributed by atoms with Gasteiger partial charge in [0.15, 0.2) is 0 Å². The highest BCUT2D eigenvalue weighted by Crippen LogP contribution is 2.20. The minimum Gasteiger partial charge on any atom is -0.298 e. The third-order valence-electron chi connectivity index (χ3n) is 2.48. The lowest BCUT2D eigenvalue weighted by Crippen LogP contribution is -2.13. The Morgan fingerprint density at radius 1 is 1.43 bits per heavy atom. The van der Waals surface area contributed by atoms with E-state index in [9.17, 15) is 4.79 Å². The van der Waals surface area contributed by atoms with Crippen LogP contribution in [0.5, 0.6) is 0 Å². The number of nitrogens with zero attached hydrogens (tertiary/aromatic N) is 1. The molecule has 0 N–H and O–H groups in total. The van der Waals surface area contributed by atoms with Gasteiger partial charge in [-0.3, -0.25) is 9.69 Å². The molecule has 1 aliphatic rings. The van der Waals surface area contributed by atoms with Gasteiger partial charge in [-0.25, -0.2) is 0 Å². The number of hydrogen-bond donors (Lipinski definition) is 0. The van der Waals surface area contributed by atoms with E-state index < -0.39 is 0 Å². The quantitative estimate of drug-likeness (QED) is 0.658. The van der Waals surface area contributed by atoms with E-state index in [0.717, 1.165) is 24.9 Å². The first kappa shape index (κ1) is 9.16. The summed E-state index contributed by atoms with van der Waals surface area (Å²) < 4.78 is 0. The van der Waals surface area contributed by atoms with E-state index in [-0.39, 0.29) is 0 Å². The van der Waals surface area contributed by atoms with E-state index in [4.69, 9.17) is 0 Å². The van der Waals surface area contributed by atoms with Gasteiger partial charge >= 0.3 is 0 Å². The van der Waals surface area contributed by atoms with Crippen LogP contribution in [0.25, 0.3) is 5.57 Å². The minimum atomic E-state index is 0.748. The van der Waals surface area contributed by atoms with Gasteiger partial charge in [0.05, 0.1) is 0 Å². The van der Waals surface area contributed by atoms with Gasteiger partial charge in [-0.2, -0.15) is 0 Å². The lowest BCUT2D eigenvalue weighted by Gasteiger charge is -2.07. The molecule has 1 heterocycles. The average molecular weight is 187 g/mol. The summed E-state index contributed by atoms with van der Waals surface area (Å²) in [6.07, 6.45) is 3.10. The Bertz CT molecular complexity index is 382. The van der Waals surface area contributed by atoms with Crippen LogP contribution in [-0.2, 0) is 0 Å². The molecular formula is C12H13NO. The van der Waals surface area contributed by atoms with Crippen LogP contribution in [0.2, 0.25) is 0 Å². The van der Waals surface area contributed by atoms with Crippen LogP contribution in [0.4, 0.5) is 0 Å². The fraction of sp³-hybridized carbons (Fsp3) is 0.250. The summed E-state index contributed by atoms with van der Waals surface area (Å²) in [6, 6.07) is 7.75. The van der Waals surface area contributed by atoms with Crippen molar-refractivity contribution in [3.63, 3.8) is 0 Å². The number of carbonyl (C=O) groups is 1. The summed E-state index contributed by atoms with van der Waals surface area (Å²) in [7, 11) is 2.09. The smallest absolute Gasteiger partial charge is 0.150 e. The second kappa shape index (κ2) is 3.76. The molecule has 2 nitrogen and oxygen atoms in total. The van der Waals surface area contributed by atoms with Crippen molar-refractivity contribution in [1.82, 2.24) is 4.90 Å². The number of rotatable bonds is 2. The van der Waals surface area contributed by atoms with Crippen molar-refractivity contribution in [3.05, 3.63) is 41.5 Å². The highest BCUT2D eigenvalue weighted by atomic mass is 16.1. The molecule has 0 bridgehead atoms. The van der Waals surface area contributed by atoms with Gasteiger partial charge in [-0.1, -0.05) is 24.3 Å². The van der Waals surface area contributed by atoms with Gasteiger partial charge < -0.3 is 0 Å². The summed E-state index contributed by atoms with van der Waals surface area (Å²) in [5, 5.41) is 0. The molecular weight excluding hydrogens is 174 g/mol. The maximum absolute atomic E-state index is 10.6. The third-order valence-corrected chi connectivity index (χ3v) is 2.48. The van der Waals surface area contributed by atoms with E-state index in [2.05, 4.69) is 24.1 Å². The van der Waals surface area contributed by atoms with Crippen LogP contribution in [0.1, 0.15) is 15.9 Å². The second-order valence-corrected chi connectivity index (χ2v) is 3.67. The molecule has 72 valence electrons. The molecule has 0 unspecified atom stereocenters. The standard InChI is InChI=1S/C12H13NO/c1-13-6-5-12(8-13)11-4-2-3-10(7-11)9-14/h2-5,7,9H,6,8H2,1H3. The molecule has 1 aliphatic heterocycles. The first-order valence-electron chi connectivity index (χ1n) is 4.73. The first-order valence-corrected chi connectivity index (χ1v) is 4.73. The van der Waals surface area contributed by atoms with Gasteiger partial charge in [0.25, 0.3) is 0 Å². The highest BCUT2D eigenvalue weighted by molar-refractivity contribution is 5.79. The van der Waals surface area contributed by atoms with Crippen molar-refractivity contribution in [3.8, 4) is 0 Å². The normalized spacial score (nSPS) is 16.8. The van der Waals surface area contributed by atoms with Gasteiger partial charge in [0.2, 0.25) is 0 Å². The van der Waals surface area contributed by atoms with E-state index in [1.165, 1.54) is 11.1 Å². The Labute approximate surface area is 83.8 Å². The number of carbonyl (C=O) groups excluding carboxylic acids is 1. The molecule has 0 saturated heterocycles. The Balaban J connectivity index is 2.28. The molecule has 1 aromatic rings. The van der Waals surface area contributed by atoms with E-state index >= 15 is 0 Å². The minimum absolute atomic E-state index is 0.748. The second-order valence-electron chi connectivity index (χ2n) is 3.67. The van der Waals surface area contributed by atoms with Crippen LogP contribution in [0, 0.1) is 0 Å². The lowest BCUT2D eigenvalue weighted by molar-refractivity contribution is 0.112. The molecule has 0 aliphatic carbocycles. The Kier molecular flexibility index (Phi) is 2.46. The van der Waals surface area contributed by atoms with E-state index in [1.54, 1.807) is 0 Å². The molecule has 2 rings (SSSR count). The van der Waals surface area contributed by atoms with Crippen molar-refractivity contribution in [1.29, 1.82) is 0 Å². The van der Waals surface area contributed by atoms with Gasteiger partial charge in [-0.15, -0.1) is 0 Å². The van der Waals surface area contributed by atoms with Gasteiger partial charge in [-0.05, 0) is 24.3 Å². The SMILES string of the molecule is CN1CC=C(c2cccc(C=O)c2)C1. The maximum atomic E-state index is 10.6. The van der Waals surface area contributed by atoms with E-state index in [1.807, 2.05) is 18.2 Å². The van der Waals surface area contributed by atoms with Crippen molar-refractivity contribution in [2.24, 2.45) is 0 Å². The Morgan fingerprint density at radius 3 is 2.93 bits per heavy atom. The summed E-state index contributed by atoms with van der Waals surface area (Å²) in [4.78, 5) is 12.8.